The maximum atomic E-state index is 6.27. The largest absolute Gasteiger partial charge is 0.366 e. The van der Waals surface area contributed by atoms with Gasteiger partial charge in [-0.1, -0.05) is 6.92 Å². The van der Waals surface area contributed by atoms with E-state index >= 15 is 0 Å². The highest BCUT2D eigenvalue weighted by Crippen LogP contribution is 2.46. The average molecular weight is 183 g/mol. The van der Waals surface area contributed by atoms with Crippen molar-refractivity contribution in [1.29, 1.82) is 0 Å². The van der Waals surface area contributed by atoms with Gasteiger partial charge >= 0.3 is 0 Å². The highest BCUT2D eigenvalue weighted by molar-refractivity contribution is 5.01. The molecule has 0 aromatic rings. The third kappa shape index (κ3) is 1.75. The van der Waals surface area contributed by atoms with Crippen molar-refractivity contribution in [1.82, 2.24) is 5.32 Å². The molecule has 2 fully saturated rings. The minimum atomic E-state index is 0.0247. The van der Waals surface area contributed by atoms with Crippen LogP contribution < -0.4 is 5.32 Å². The third-order valence-electron chi connectivity index (χ3n) is 3.37. The Morgan fingerprint density at radius 3 is 2.46 bits per heavy atom. The molecule has 2 nitrogen and oxygen atoms in total. The van der Waals surface area contributed by atoms with Crippen molar-refractivity contribution in [2.75, 3.05) is 13.1 Å². The number of hydrogen-bond donors (Lipinski definition) is 1. The molecule has 1 saturated carbocycles. The quantitative estimate of drug-likeness (QED) is 0.706. The molecule has 0 amide bonds. The molecule has 0 aromatic carbocycles. The topological polar surface area (TPSA) is 21.3 Å². The second-order valence-corrected chi connectivity index (χ2v) is 5.16. The Labute approximate surface area is 81.0 Å². The molecule has 13 heavy (non-hydrogen) atoms. The molecule has 0 bridgehead atoms. The van der Waals surface area contributed by atoms with Crippen molar-refractivity contribution in [3.05, 3.63) is 0 Å². The summed E-state index contributed by atoms with van der Waals surface area (Å²) in [7, 11) is 0. The Hall–Kier alpha value is -0.0800. The first kappa shape index (κ1) is 9.47. The molecule has 1 heterocycles. The van der Waals surface area contributed by atoms with E-state index in [9.17, 15) is 0 Å². The summed E-state index contributed by atoms with van der Waals surface area (Å²) in [6.45, 7) is 8.67. The smallest absolute Gasteiger partial charge is 0.0839 e. The van der Waals surface area contributed by atoms with Gasteiger partial charge in [0.05, 0.1) is 11.2 Å². The Morgan fingerprint density at radius 2 is 2.00 bits per heavy atom. The van der Waals surface area contributed by atoms with Crippen LogP contribution in [0.15, 0.2) is 0 Å². The van der Waals surface area contributed by atoms with Gasteiger partial charge in [-0.05, 0) is 39.0 Å². The molecular weight excluding hydrogens is 162 g/mol. The van der Waals surface area contributed by atoms with E-state index in [1.165, 1.54) is 12.8 Å². The lowest BCUT2D eigenvalue weighted by Gasteiger charge is -2.46. The van der Waals surface area contributed by atoms with Crippen LogP contribution in [-0.2, 0) is 4.74 Å². The predicted octanol–water partition coefficient (Wildman–Crippen LogP) is 1.94. The van der Waals surface area contributed by atoms with E-state index in [0.717, 1.165) is 25.4 Å². The zero-order chi connectivity index (χ0) is 9.53. The summed E-state index contributed by atoms with van der Waals surface area (Å²) >= 11 is 0. The summed E-state index contributed by atoms with van der Waals surface area (Å²) in [4.78, 5) is 0. The molecule has 2 rings (SSSR count). The van der Waals surface area contributed by atoms with Gasteiger partial charge in [0.2, 0.25) is 0 Å². The average Bonchev–Trinajstić information content (AvgIpc) is 2.84. The van der Waals surface area contributed by atoms with Crippen LogP contribution in [0.25, 0.3) is 0 Å². The summed E-state index contributed by atoms with van der Waals surface area (Å²) in [5.41, 5.74) is 0.179. The second-order valence-electron chi connectivity index (χ2n) is 5.16. The van der Waals surface area contributed by atoms with Crippen LogP contribution in [0.2, 0.25) is 0 Å². The van der Waals surface area contributed by atoms with Gasteiger partial charge in [0, 0.05) is 13.1 Å². The molecule has 76 valence electrons. The molecule has 0 spiro atoms. The lowest BCUT2D eigenvalue weighted by molar-refractivity contribution is -0.173. The Morgan fingerprint density at radius 1 is 1.31 bits per heavy atom. The van der Waals surface area contributed by atoms with E-state index < -0.39 is 0 Å². The minimum Gasteiger partial charge on any atom is -0.366 e. The number of morpholine rings is 1. The van der Waals surface area contributed by atoms with E-state index in [-0.39, 0.29) is 11.2 Å². The molecule has 2 aliphatic rings. The zero-order valence-electron chi connectivity index (χ0n) is 9.02. The van der Waals surface area contributed by atoms with Crippen molar-refractivity contribution < 1.29 is 4.74 Å². The number of rotatable bonds is 2. The Balaban J connectivity index is 2.10. The molecule has 1 atom stereocenters. The molecule has 1 saturated heterocycles. The highest BCUT2D eigenvalue weighted by atomic mass is 16.5. The molecule has 2 heteroatoms. The van der Waals surface area contributed by atoms with Gasteiger partial charge in [-0.3, -0.25) is 0 Å². The van der Waals surface area contributed by atoms with Crippen LogP contribution in [0.1, 0.15) is 40.0 Å². The van der Waals surface area contributed by atoms with E-state index in [1.54, 1.807) is 0 Å². The van der Waals surface area contributed by atoms with E-state index in [4.69, 9.17) is 4.74 Å². The van der Waals surface area contributed by atoms with Gasteiger partial charge in [0.25, 0.3) is 0 Å². The second kappa shape index (κ2) is 2.96. The van der Waals surface area contributed by atoms with Gasteiger partial charge in [0.15, 0.2) is 0 Å². The van der Waals surface area contributed by atoms with E-state index in [2.05, 4.69) is 26.1 Å². The van der Waals surface area contributed by atoms with Crippen molar-refractivity contribution in [3.8, 4) is 0 Å². The zero-order valence-corrected chi connectivity index (χ0v) is 9.02. The lowest BCUT2D eigenvalue weighted by atomic mass is 9.90. The number of hydrogen-bond acceptors (Lipinski definition) is 2. The van der Waals surface area contributed by atoms with E-state index in [1.807, 2.05) is 0 Å². The molecule has 0 aromatic heterocycles. The monoisotopic (exact) mass is 183 g/mol. The molecule has 1 unspecified atom stereocenters. The fraction of sp³-hybridized carbons (Fsp3) is 1.00. The van der Waals surface area contributed by atoms with Crippen LogP contribution in [0.3, 0.4) is 0 Å². The fourth-order valence-electron chi connectivity index (χ4n) is 2.52. The van der Waals surface area contributed by atoms with Gasteiger partial charge in [0.1, 0.15) is 0 Å². The first-order valence-electron chi connectivity index (χ1n) is 5.49. The fourth-order valence-corrected chi connectivity index (χ4v) is 2.52. The van der Waals surface area contributed by atoms with Gasteiger partial charge in [-0.25, -0.2) is 0 Å². The molecule has 0 radical (unpaired) electrons. The van der Waals surface area contributed by atoms with Gasteiger partial charge in [-0.15, -0.1) is 0 Å². The number of nitrogens with one attached hydrogen (secondary N) is 1. The molecule has 1 aliphatic carbocycles. The molecule has 1 aliphatic heterocycles. The Bertz CT molecular complexity index is 198. The maximum absolute atomic E-state index is 6.27. The summed E-state index contributed by atoms with van der Waals surface area (Å²) in [5.74, 6) is 0.824. The van der Waals surface area contributed by atoms with E-state index in [0.29, 0.717) is 0 Å². The SMILES string of the molecule is CCC1(C2CC2)CNCC(C)(C)O1. The van der Waals surface area contributed by atoms with Crippen molar-refractivity contribution in [2.45, 2.75) is 51.2 Å². The standard InChI is InChI=1S/C11H21NO/c1-4-11(9-5-6-9)8-12-7-10(2,3)13-11/h9,12H,4-8H2,1-3H3. The van der Waals surface area contributed by atoms with Crippen LogP contribution >= 0.6 is 0 Å². The van der Waals surface area contributed by atoms with Crippen LogP contribution in [0.4, 0.5) is 0 Å². The first-order chi connectivity index (χ1) is 6.08. The van der Waals surface area contributed by atoms with Crippen molar-refractivity contribution >= 4 is 0 Å². The predicted molar refractivity (Wildman–Crippen MR) is 53.8 cm³/mol. The third-order valence-corrected chi connectivity index (χ3v) is 3.37. The van der Waals surface area contributed by atoms with Crippen LogP contribution in [0.5, 0.6) is 0 Å². The molecular formula is C11H21NO. The first-order valence-corrected chi connectivity index (χ1v) is 5.49. The normalized spacial score (nSPS) is 39.0. The van der Waals surface area contributed by atoms with Crippen LogP contribution in [0, 0.1) is 5.92 Å². The van der Waals surface area contributed by atoms with Gasteiger partial charge < -0.3 is 10.1 Å². The summed E-state index contributed by atoms with van der Waals surface area (Å²) in [6.07, 6.45) is 3.88. The molecule has 1 N–H and O–H groups in total. The van der Waals surface area contributed by atoms with Crippen LogP contribution in [-0.4, -0.2) is 24.3 Å². The Kier molecular flexibility index (Phi) is 2.16. The lowest BCUT2D eigenvalue weighted by Crippen LogP contribution is -2.59. The summed E-state index contributed by atoms with van der Waals surface area (Å²) in [5, 5.41) is 3.51. The highest BCUT2D eigenvalue weighted by Gasteiger charge is 2.49. The number of ether oxygens (including phenoxy) is 1. The summed E-state index contributed by atoms with van der Waals surface area (Å²) < 4.78 is 6.27. The minimum absolute atomic E-state index is 0.0247. The summed E-state index contributed by atoms with van der Waals surface area (Å²) in [6, 6.07) is 0. The van der Waals surface area contributed by atoms with Crippen molar-refractivity contribution in [3.63, 3.8) is 0 Å². The maximum Gasteiger partial charge on any atom is 0.0839 e. The van der Waals surface area contributed by atoms with Crippen molar-refractivity contribution in [2.24, 2.45) is 5.92 Å². The van der Waals surface area contributed by atoms with Gasteiger partial charge in [-0.2, -0.15) is 0 Å².